The van der Waals surface area contributed by atoms with E-state index in [1.54, 1.807) is 0 Å². The van der Waals surface area contributed by atoms with Crippen LogP contribution in [0, 0.1) is 0 Å². The maximum Gasteiger partial charge on any atom is 0.266 e. The van der Waals surface area contributed by atoms with Crippen molar-refractivity contribution in [3.63, 3.8) is 0 Å². The van der Waals surface area contributed by atoms with Crippen LogP contribution >= 0.6 is 0 Å². The smallest absolute Gasteiger partial charge is 0.266 e. The van der Waals surface area contributed by atoms with Crippen molar-refractivity contribution in [1.82, 2.24) is 0 Å². The van der Waals surface area contributed by atoms with Crippen molar-refractivity contribution in [1.29, 1.82) is 0 Å². The Hall–Kier alpha value is 0.540. The zero-order valence-electron chi connectivity index (χ0n) is 18.6. The van der Waals surface area contributed by atoms with Crippen LogP contribution in [0.3, 0.4) is 0 Å². The Morgan fingerprint density at radius 3 is 1.29 bits per heavy atom. The molecule has 0 aromatic heterocycles. The van der Waals surface area contributed by atoms with Gasteiger partial charge in [-0.25, -0.2) is 0 Å². The molecule has 0 unspecified atom stereocenters. The molecular formula is C21H44NNaO4S. The molecule has 0 saturated carbocycles. The van der Waals surface area contributed by atoms with Crippen LogP contribution in [0.4, 0.5) is 0 Å². The molecule has 0 bridgehead atoms. The van der Waals surface area contributed by atoms with Gasteiger partial charge in [-0.15, -0.1) is 0 Å². The Kier molecular flexibility index (Phi) is 26.1. The van der Waals surface area contributed by atoms with Crippen LogP contribution in [0.25, 0.3) is 0 Å². The minimum Gasteiger partial charge on any atom is -0.329 e. The van der Waals surface area contributed by atoms with Gasteiger partial charge in [0.15, 0.2) is 0 Å². The summed E-state index contributed by atoms with van der Waals surface area (Å²) >= 11 is 0.751. The monoisotopic (exact) mass is 429 g/mol. The van der Waals surface area contributed by atoms with Crippen molar-refractivity contribution in [2.45, 2.75) is 116 Å². The molecule has 0 fully saturated rings. The third-order valence-electron chi connectivity index (χ3n) is 4.76. The molecule has 0 amide bonds. The first-order chi connectivity index (χ1) is 13.3. The molecule has 0 radical (unpaired) electrons. The zero-order valence-corrected chi connectivity index (χ0v) is 21.4. The molecule has 3 N–H and O–H groups in total. The summed E-state index contributed by atoms with van der Waals surface area (Å²) in [7, 11) is -3.80. The Balaban J connectivity index is 0. The van der Waals surface area contributed by atoms with Gasteiger partial charge in [-0.1, -0.05) is 45.4 Å². The van der Waals surface area contributed by atoms with Crippen molar-refractivity contribution in [3.8, 4) is 0 Å². The molecule has 0 aliphatic carbocycles. The summed E-state index contributed by atoms with van der Waals surface area (Å²) in [4.78, 5) is 10.9. The second-order valence-electron chi connectivity index (χ2n) is 7.83. The summed E-state index contributed by atoms with van der Waals surface area (Å²) in [6.07, 6.45) is 23.2. The van der Waals surface area contributed by atoms with Crippen LogP contribution in [-0.4, -0.2) is 56.2 Å². The first-order valence-corrected chi connectivity index (χ1v) is 14.1. The van der Waals surface area contributed by atoms with Crippen LogP contribution in [0.5, 0.6) is 0 Å². The average molecular weight is 430 g/mol. The van der Waals surface area contributed by atoms with Gasteiger partial charge < -0.3 is 5.73 Å². The van der Waals surface area contributed by atoms with Gasteiger partial charge in [0, 0.05) is 6.54 Å². The summed E-state index contributed by atoms with van der Waals surface area (Å²) in [5, 5.41) is 0. The zero-order chi connectivity index (χ0) is 21.5. The topological polar surface area (TPSA) is 97.5 Å². The van der Waals surface area contributed by atoms with Crippen molar-refractivity contribution >= 4 is 41.1 Å². The van der Waals surface area contributed by atoms with Crippen molar-refractivity contribution in [3.05, 3.63) is 0 Å². The number of nitrogens with two attached hydrogens (primary N) is 1. The normalized spacial score (nSPS) is 11.2. The fourth-order valence-corrected chi connectivity index (χ4v) is 3.72. The van der Waals surface area contributed by atoms with Crippen molar-refractivity contribution in [2.24, 2.45) is 5.73 Å². The minimum atomic E-state index is -3.80. The van der Waals surface area contributed by atoms with Gasteiger partial charge in [-0.3, -0.25) is 4.55 Å². The van der Waals surface area contributed by atoms with Crippen LogP contribution in [0.1, 0.15) is 116 Å². The van der Waals surface area contributed by atoms with Gasteiger partial charge in [-0.05, 0) is 0 Å². The Morgan fingerprint density at radius 2 is 1.07 bits per heavy atom. The minimum absolute atomic E-state index is 0.0289. The van der Waals surface area contributed by atoms with Crippen LogP contribution < -0.4 is 5.73 Å². The Bertz CT molecular complexity index is 430. The quantitative estimate of drug-likeness (QED) is 0.168. The van der Waals surface area contributed by atoms with Gasteiger partial charge in [0.05, 0.1) is 5.75 Å². The Labute approximate surface area is 192 Å². The van der Waals surface area contributed by atoms with E-state index in [0.717, 1.165) is 40.8 Å². The fourth-order valence-electron chi connectivity index (χ4n) is 3.07. The largest absolute Gasteiger partial charge is 0.329 e. The molecule has 0 aliphatic heterocycles. The average Bonchev–Trinajstić information content (AvgIpc) is 2.60. The molecular weight excluding hydrogens is 385 g/mol. The van der Waals surface area contributed by atoms with Gasteiger partial charge >= 0.3 is 106 Å². The van der Waals surface area contributed by atoms with E-state index in [-0.39, 0.29) is 12.3 Å². The third kappa shape index (κ3) is 34.1. The number of hydrogen-bond acceptors (Lipinski definition) is 4. The second kappa shape index (κ2) is 23.8. The first-order valence-electron chi connectivity index (χ1n) is 11.5. The van der Waals surface area contributed by atoms with E-state index in [4.69, 9.17) is 10.3 Å². The standard InChI is InChI=1S/C19H37O.C2H7NO3S.Na/c1-2-3-4-5-6-7-8-9-10-11-12-13-14-15-16-17-18-19-20;3-1-2-7(4,5)6;/h2-18H2,1H3;1-3H2,(H,4,5,6);. The maximum atomic E-state index is 10.9. The summed E-state index contributed by atoms with van der Waals surface area (Å²) in [6, 6.07) is 0. The Morgan fingerprint density at radius 1 is 0.750 bits per heavy atom. The fraction of sp³-hybridized carbons (Fsp3) is 0.952. The van der Waals surface area contributed by atoms with E-state index in [9.17, 15) is 13.2 Å². The van der Waals surface area contributed by atoms with Crippen molar-refractivity contribution < 1.29 is 17.8 Å². The van der Waals surface area contributed by atoms with Gasteiger partial charge in [0.1, 0.15) is 0 Å². The van der Waals surface area contributed by atoms with Crippen molar-refractivity contribution in [2.75, 3.05) is 12.3 Å². The van der Waals surface area contributed by atoms with Gasteiger partial charge in [0.2, 0.25) is 0 Å². The summed E-state index contributed by atoms with van der Waals surface area (Å²) in [5.74, 6) is -0.354. The molecule has 5 nitrogen and oxygen atoms in total. The van der Waals surface area contributed by atoms with Crippen LogP contribution in [0.15, 0.2) is 0 Å². The number of carbonyl (C=O) groups is 1. The molecule has 7 heteroatoms. The first kappa shape index (κ1) is 30.7. The molecule has 0 atom stereocenters. The molecule has 164 valence electrons. The number of carbonyl (C=O) groups excluding carboxylic acids is 1. The molecule has 0 heterocycles. The van der Waals surface area contributed by atoms with Gasteiger partial charge in [0.25, 0.3) is 10.1 Å². The summed E-state index contributed by atoms with van der Waals surface area (Å²) in [6.45, 7) is 2.26. The molecule has 0 saturated heterocycles. The van der Waals surface area contributed by atoms with Crippen LogP contribution in [-0.2, 0) is 14.9 Å². The molecule has 28 heavy (non-hydrogen) atoms. The number of unbranched alkanes of at least 4 members (excludes halogenated alkanes) is 15. The van der Waals surface area contributed by atoms with E-state index in [0.29, 0.717) is 3.03 Å². The number of hydrogen-bond donors (Lipinski definition) is 2. The summed E-state index contributed by atoms with van der Waals surface area (Å²) in [5.41, 5.74) is 4.78. The van der Waals surface area contributed by atoms with E-state index in [1.807, 2.05) is 0 Å². The summed E-state index contributed by atoms with van der Waals surface area (Å²) < 4.78 is 27.8. The second-order valence-corrected chi connectivity index (χ2v) is 10.5. The predicted octanol–water partition coefficient (Wildman–Crippen LogP) is 5.17. The molecule has 0 aromatic carbocycles. The maximum absolute atomic E-state index is 10.9. The van der Waals surface area contributed by atoms with E-state index < -0.39 is 10.1 Å². The number of rotatable bonds is 19. The van der Waals surface area contributed by atoms with E-state index in [1.165, 1.54) is 96.3 Å². The van der Waals surface area contributed by atoms with E-state index in [2.05, 4.69) is 6.92 Å². The molecule has 0 spiro atoms. The van der Waals surface area contributed by atoms with E-state index >= 15 is 0 Å². The SMILES string of the molecule is CCCCCCCCCCCCCCCCCC[C](=O)[Na].NCCS(=O)(=O)O. The molecule has 0 rings (SSSR count). The predicted molar refractivity (Wildman–Crippen MR) is 120 cm³/mol. The molecule has 0 aromatic rings. The third-order valence-corrected chi connectivity index (χ3v) is 6.01. The molecule has 0 aliphatic rings. The van der Waals surface area contributed by atoms with Crippen LogP contribution in [0.2, 0.25) is 0 Å². The van der Waals surface area contributed by atoms with Gasteiger partial charge in [-0.2, -0.15) is 8.42 Å².